The Labute approximate surface area is 105 Å². The summed E-state index contributed by atoms with van der Waals surface area (Å²) in [5.41, 5.74) is 4.86. The van der Waals surface area contributed by atoms with E-state index in [1.54, 1.807) is 0 Å². The molecule has 0 atom stereocenters. The number of nitrogens with one attached hydrogen (secondary N) is 2. The van der Waals surface area contributed by atoms with E-state index in [0.29, 0.717) is 12.8 Å². The van der Waals surface area contributed by atoms with Crippen LogP contribution in [0.3, 0.4) is 0 Å². The van der Waals surface area contributed by atoms with E-state index in [9.17, 15) is 19.2 Å². The molecule has 0 aliphatic carbocycles. The first-order valence-corrected chi connectivity index (χ1v) is 5.73. The number of ketones is 1. The molecule has 0 rings (SSSR count). The zero-order chi connectivity index (χ0) is 14.0. The van der Waals surface area contributed by atoms with E-state index in [-0.39, 0.29) is 43.5 Å². The van der Waals surface area contributed by atoms with Crippen LogP contribution in [0, 0.1) is 0 Å². The maximum Gasteiger partial charge on any atom is 0.236 e. The third-order valence-electron chi connectivity index (χ3n) is 2.05. The lowest BCUT2D eigenvalue weighted by Gasteiger charge is -2.03. The number of primary amides is 1. The Morgan fingerprint density at radius 2 is 1.33 bits per heavy atom. The minimum Gasteiger partial charge on any atom is -0.368 e. The molecule has 0 radical (unpaired) electrons. The van der Waals surface area contributed by atoms with Gasteiger partial charge in [-0.1, -0.05) is 0 Å². The van der Waals surface area contributed by atoms with E-state index in [1.807, 2.05) is 0 Å². The highest BCUT2D eigenvalue weighted by molar-refractivity contribution is 5.84. The largest absolute Gasteiger partial charge is 0.368 e. The van der Waals surface area contributed by atoms with Crippen LogP contribution >= 0.6 is 0 Å². The number of rotatable bonds is 9. The molecule has 7 nitrogen and oxygen atoms in total. The summed E-state index contributed by atoms with van der Waals surface area (Å²) in [7, 11) is 0. The van der Waals surface area contributed by atoms with Crippen LogP contribution in [-0.2, 0) is 19.2 Å². The highest BCUT2D eigenvalue weighted by Gasteiger charge is 2.05. The van der Waals surface area contributed by atoms with Gasteiger partial charge in [-0.3, -0.25) is 19.2 Å². The first-order chi connectivity index (χ1) is 8.41. The topological polar surface area (TPSA) is 118 Å². The summed E-state index contributed by atoms with van der Waals surface area (Å²) in [5, 5.41) is 4.81. The molecule has 4 N–H and O–H groups in total. The minimum absolute atomic E-state index is 0.0396. The highest BCUT2D eigenvalue weighted by atomic mass is 16.2. The molecule has 0 aliphatic heterocycles. The molecule has 0 bridgehead atoms. The van der Waals surface area contributed by atoms with E-state index >= 15 is 0 Å². The Morgan fingerprint density at radius 3 is 1.72 bits per heavy atom. The van der Waals surface area contributed by atoms with Crippen LogP contribution in [0.2, 0.25) is 0 Å². The third kappa shape index (κ3) is 10.6. The molecular weight excluding hydrogens is 238 g/mol. The summed E-state index contributed by atoms with van der Waals surface area (Å²) >= 11 is 0. The van der Waals surface area contributed by atoms with Gasteiger partial charge >= 0.3 is 0 Å². The van der Waals surface area contributed by atoms with Crippen LogP contribution in [0.5, 0.6) is 0 Å². The second-order valence-corrected chi connectivity index (χ2v) is 3.93. The SMILES string of the molecule is CC(=O)CNC(=O)CCCCC(=O)NCC(N)=O. The normalized spacial score (nSPS) is 9.61. The smallest absolute Gasteiger partial charge is 0.236 e. The van der Waals surface area contributed by atoms with Gasteiger partial charge in [0.1, 0.15) is 5.78 Å². The molecule has 0 fully saturated rings. The van der Waals surface area contributed by atoms with Crippen molar-refractivity contribution in [1.29, 1.82) is 0 Å². The number of carbonyl (C=O) groups excluding carboxylic acids is 4. The first-order valence-electron chi connectivity index (χ1n) is 5.73. The van der Waals surface area contributed by atoms with E-state index in [2.05, 4.69) is 10.6 Å². The van der Waals surface area contributed by atoms with Crippen LogP contribution in [0.15, 0.2) is 0 Å². The van der Waals surface area contributed by atoms with Gasteiger partial charge in [0.15, 0.2) is 0 Å². The van der Waals surface area contributed by atoms with Crippen molar-refractivity contribution in [3.05, 3.63) is 0 Å². The summed E-state index contributed by atoms with van der Waals surface area (Å²) in [6.07, 6.45) is 1.61. The van der Waals surface area contributed by atoms with Gasteiger partial charge in [0.2, 0.25) is 17.7 Å². The molecule has 0 aromatic rings. The fourth-order valence-corrected chi connectivity index (χ4v) is 1.16. The van der Waals surface area contributed by atoms with Crippen LogP contribution < -0.4 is 16.4 Å². The van der Waals surface area contributed by atoms with Crippen LogP contribution in [0.4, 0.5) is 0 Å². The fraction of sp³-hybridized carbons (Fsp3) is 0.636. The number of nitrogens with two attached hydrogens (primary N) is 1. The van der Waals surface area contributed by atoms with Gasteiger partial charge in [0.25, 0.3) is 0 Å². The first kappa shape index (κ1) is 16.1. The lowest BCUT2D eigenvalue weighted by Crippen LogP contribution is -2.33. The van der Waals surface area contributed by atoms with Crippen LogP contribution in [-0.4, -0.2) is 36.6 Å². The molecule has 0 saturated heterocycles. The van der Waals surface area contributed by atoms with Crippen molar-refractivity contribution in [3.63, 3.8) is 0 Å². The summed E-state index contributed by atoms with van der Waals surface area (Å²) in [6.45, 7) is 1.26. The molecule has 0 aromatic heterocycles. The summed E-state index contributed by atoms with van der Waals surface area (Å²) in [4.78, 5) is 43.3. The number of carbonyl (C=O) groups is 4. The van der Waals surface area contributed by atoms with Crippen molar-refractivity contribution < 1.29 is 19.2 Å². The molecule has 0 saturated carbocycles. The fourth-order valence-electron chi connectivity index (χ4n) is 1.16. The van der Waals surface area contributed by atoms with E-state index in [0.717, 1.165) is 0 Å². The standard InChI is InChI=1S/C11H19N3O4/c1-8(15)6-13-10(17)4-2-3-5-11(18)14-7-9(12)16/h2-7H2,1H3,(H2,12,16)(H,13,17)(H,14,18). The Hall–Kier alpha value is -1.92. The lowest BCUT2D eigenvalue weighted by molar-refractivity contribution is -0.125. The van der Waals surface area contributed by atoms with Gasteiger partial charge in [-0.25, -0.2) is 0 Å². The minimum atomic E-state index is -0.591. The zero-order valence-electron chi connectivity index (χ0n) is 10.5. The second-order valence-electron chi connectivity index (χ2n) is 3.93. The Bertz CT molecular complexity index is 296. The van der Waals surface area contributed by atoms with Gasteiger partial charge in [-0.05, 0) is 19.8 Å². The predicted octanol–water partition coefficient (Wildman–Crippen LogP) is -1.15. The molecule has 0 heterocycles. The molecule has 0 spiro atoms. The summed E-state index contributed by atoms with van der Waals surface area (Å²) < 4.78 is 0. The molecule has 0 aliphatic rings. The van der Waals surface area contributed by atoms with Crippen molar-refractivity contribution in [3.8, 4) is 0 Å². The lowest BCUT2D eigenvalue weighted by atomic mass is 10.2. The molecule has 3 amide bonds. The Balaban J connectivity index is 3.49. The quantitative estimate of drug-likeness (QED) is 0.452. The Kier molecular flexibility index (Phi) is 8.17. The van der Waals surface area contributed by atoms with Crippen molar-refractivity contribution in [2.75, 3.05) is 13.1 Å². The third-order valence-corrected chi connectivity index (χ3v) is 2.05. The number of hydrogen-bond donors (Lipinski definition) is 3. The number of amides is 3. The zero-order valence-corrected chi connectivity index (χ0v) is 10.5. The number of unbranched alkanes of at least 4 members (excludes halogenated alkanes) is 1. The molecule has 0 aromatic carbocycles. The van der Waals surface area contributed by atoms with Crippen molar-refractivity contribution in [2.24, 2.45) is 5.73 Å². The van der Waals surface area contributed by atoms with Crippen molar-refractivity contribution in [2.45, 2.75) is 32.6 Å². The van der Waals surface area contributed by atoms with Crippen LogP contribution in [0.25, 0.3) is 0 Å². The number of Topliss-reactive ketones (excluding diaryl/α,β-unsaturated/α-hetero) is 1. The Morgan fingerprint density at radius 1 is 0.889 bits per heavy atom. The van der Waals surface area contributed by atoms with Gasteiger partial charge in [-0.2, -0.15) is 0 Å². The molecule has 102 valence electrons. The van der Waals surface area contributed by atoms with E-state index in [1.165, 1.54) is 6.92 Å². The maximum atomic E-state index is 11.2. The van der Waals surface area contributed by atoms with Gasteiger partial charge in [0.05, 0.1) is 13.1 Å². The van der Waals surface area contributed by atoms with Crippen molar-refractivity contribution >= 4 is 23.5 Å². The van der Waals surface area contributed by atoms with Crippen LogP contribution in [0.1, 0.15) is 32.6 Å². The average molecular weight is 257 g/mol. The molecule has 18 heavy (non-hydrogen) atoms. The molecule has 7 heteroatoms. The predicted molar refractivity (Wildman–Crippen MR) is 64.4 cm³/mol. The molecule has 0 unspecified atom stereocenters. The van der Waals surface area contributed by atoms with Gasteiger partial charge in [0, 0.05) is 12.8 Å². The van der Waals surface area contributed by atoms with E-state index in [4.69, 9.17) is 5.73 Å². The molecular formula is C11H19N3O4. The van der Waals surface area contributed by atoms with Gasteiger partial charge < -0.3 is 16.4 Å². The van der Waals surface area contributed by atoms with E-state index < -0.39 is 5.91 Å². The van der Waals surface area contributed by atoms with Crippen molar-refractivity contribution in [1.82, 2.24) is 10.6 Å². The monoisotopic (exact) mass is 257 g/mol. The summed E-state index contributed by atoms with van der Waals surface area (Å²) in [6, 6.07) is 0. The average Bonchev–Trinajstić information content (AvgIpc) is 2.29. The highest BCUT2D eigenvalue weighted by Crippen LogP contribution is 1.99. The van der Waals surface area contributed by atoms with Gasteiger partial charge in [-0.15, -0.1) is 0 Å². The number of hydrogen-bond acceptors (Lipinski definition) is 4. The summed E-state index contributed by atoms with van der Waals surface area (Å²) in [5.74, 6) is -1.16. The maximum absolute atomic E-state index is 11.2. The second kappa shape index (κ2) is 9.15.